The van der Waals surface area contributed by atoms with Crippen molar-refractivity contribution in [2.45, 2.75) is 6.92 Å². The zero-order valence-corrected chi connectivity index (χ0v) is 6.66. The summed E-state index contributed by atoms with van der Waals surface area (Å²) in [5, 5.41) is 0. The van der Waals surface area contributed by atoms with Gasteiger partial charge in [0.15, 0.2) is 0 Å². The van der Waals surface area contributed by atoms with E-state index in [1.54, 1.807) is 0 Å². The summed E-state index contributed by atoms with van der Waals surface area (Å²) in [6, 6.07) is 0. The summed E-state index contributed by atoms with van der Waals surface area (Å²) in [7, 11) is 0. The Morgan fingerprint density at radius 2 is 1.25 bits per heavy atom. The van der Waals surface area contributed by atoms with Gasteiger partial charge in [-0.05, 0) is 0 Å². The molecule has 8 heavy (non-hydrogen) atoms. The molecule has 0 aliphatic carbocycles. The molecule has 0 aromatic heterocycles. The van der Waals surface area contributed by atoms with Gasteiger partial charge < -0.3 is 11.2 Å². The highest BCUT2D eigenvalue weighted by atomic mass is 35.5. The summed E-state index contributed by atoms with van der Waals surface area (Å²) in [5.41, 5.74) is 4.47. The lowest BCUT2D eigenvalue weighted by Crippen LogP contribution is -2.01. The molecule has 0 aliphatic heterocycles. The first kappa shape index (κ1) is 40.6. The largest absolute Gasteiger partial charge is 0.412 e. The third-order valence-electron chi connectivity index (χ3n) is 0. The second kappa shape index (κ2) is 26.6. The van der Waals surface area contributed by atoms with Crippen molar-refractivity contribution in [3.63, 3.8) is 0 Å². The summed E-state index contributed by atoms with van der Waals surface area (Å²) < 4.78 is 0. The molecule has 56 valence electrons. The molecule has 0 rings (SSSR count). The highest BCUT2D eigenvalue weighted by Gasteiger charge is 1.61. The van der Waals surface area contributed by atoms with Crippen molar-refractivity contribution in [1.82, 2.24) is 0 Å². The first-order valence-electron chi connectivity index (χ1n) is 0.993. The van der Waals surface area contributed by atoms with Crippen LogP contribution in [0.1, 0.15) is 6.92 Å². The van der Waals surface area contributed by atoms with E-state index in [0.29, 0.717) is 0 Å². The van der Waals surface area contributed by atoms with Gasteiger partial charge in [0.05, 0.1) is 0 Å². The van der Waals surface area contributed by atoms with E-state index in [9.17, 15) is 4.79 Å². The van der Waals surface area contributed by atoms with Crippen LogP contribution < -0.4 is 5.73 Å². The number of nitrogens with two attached hydrogens (primary N) is 1. The van der Waals surface area contributed by atoms with Gasteiger partial charge in [0.2, 0.25) is 5.91 Å². The first-order valence-corrected chi connectivity index (χ1v) is 0.993. The molecule has 0 aliphatic rings. The van der Waals surface area contributed by atoms with Crippen LogP contribution in [0.2, 0.25) is 0 Å². The zero-order chi connectivity index (χ0) is 3.58. The molecule has 0 aromatic rings. The molecular weight excluding hydrogens is 176 g/mol. The lowest BCUT2D eigenvalue weighted by atomic mass is 10.8. The lowest BCUT2D eigenvalue weighted by molar-refractivity contribution is -0.115. The number of carbonyl (C=O) groups is 1. The van der Waals surface area contributed by atoms with Crippen molar-refractivity contribution in [3.8, 4) is 0 Å². The van der Waals surface area contributed by atoms with Crippen LogP contribution in [0.5, 0.6) is 0 Å². The van der Waals surface area contributed by atoms with E-state index >= 15 is 0 Å². The predicted molar refractivity (Wildman–Crippen MR) is 40.2 cm³/mol. The van der Waals surface area contributed by atoms with Crippen molar-refractivity contribution < 1.29 is 10.3 Å². The monoisotopic (exact) mass is 185 g/mol. The van der Waals surface area contributed by atoms with E-state index < -0.39 is 0 Å². The molecule has 0 unspecified atom stereocenters. The molecule has 0 fully saturated rings. The third kappa shape index (κ3) is 1970. The van der Waals surface area contributed by atoms with Crippen LogP contribution in [-0.2, 0) is 4.79 Å². The predicted octanol–water partition coefficient (Wildman–Crippen LogP) is -0.0677. The Labute approximate surface area is 66.5 Å². The van der Waals surface area contributed by atoms with Crippen LogP contribution in [0, 0.1) is 0 Å². The van der Waals surface area contributed by atoms with Gasteiger partial charge in [0.25, 0.3) is 0 Å². The number of hydrogen-bond acceptors (Lipinski definition) is 1. The maximum Gasteiger partial charge on any atom is 0.214 e. The third-order valence-corrected chi connectivity index (χ3v) is 0. The summed E-state index contributed by atoms with van der Waals surface area (Å²) in [6.45, 7) is 1.31. The minimum Gasteiger partial charge on any atom is -0.412 e. The zero-order valence-electron chi connectivity index (χ0n) is 4.21. The van der Waals surface area contributed by atoms with E-state index in [2.05, 4.69) is 5.73 Å². The molecule has 3 nitrogen and oxygen atoms in total. The van der Waals surface area contributed by atoms with E-state index in [1.807, 2.05) is 0 Å². The van der Waals surface area contributed by atoms with Crippen molar-refractivity contribution in [2.75, 3.05) is 0 Å². The SMILES string of the molecule is CC(N)=O.Cl.Cl.Cl.O. The second-order valence-electron chi connectivity index (χ2n) is 0.611. The smallest absolute Gasteiger partial charge is 0.214 e. The van der Waals surface area contributed by atoms with Gasteiger partial charge in [0.1, 0.15) is 0 Å². The molecule has 6 heteroatoms. The molecule has 0 heterocycles. The number of hydrogen-bond donors (Lipinski definition) is 1. The lowest BCUT2D eigenvalue weighted by Gasteiger charge is -1.60. The molecule has 0 bridgehead atoms. The molecule has 0 spiro atoms. The van der Waals surface area contributed by atoms with E-state index in [-0.39, 0.29) is 48.6 Å². The Hall–Kier alpha value is 0.300. The fraction of sp³-hybridized carbons (Fsp3) is 0.500. The maximum atomic E-state index is 9.22. The fourth-order valence-corrected chi connectivity index (χ4v) is 0. The molecule has 0 atom stereocenters. The molecular formula is C2H10Cl3NO2. The van der Waals surface area contributed by atoms with Crippen molar-refractivity contribution in [1.29, 1.82) is 0 Å². The molecule has 4 N–H and O–H groups in total. The summed E-state index contributed by atoms with van der Waals surface area (Å²) in [4.78, 5) is 9.22. The van der Waals surface area contributed by atoms with Gasteiger partial charge in [0, 0.05) is 6.92 Å². The summed E-state index contributed by atoms with van der Waals surface area (Å²) >= 11 is 0. The van der Waals surface area contributed by atoms with E-state index in [4.69, 9.17) is 0 Å². The van der Waals surface area contributed by atoms with Gasteiger partial charge in [-0.15, -0.1) is 37.2 Å². The standard InChI is InChI=1S/C2H5NO.3ClH.H2O/c1-2(3)4;;;;/h1H3,(H2,3,4);3*1H;1H2. The maximum absolute atomic E-state index is 9.22. The Bertz CT molecular complexity index is 38.3. The van der Waals surface area contributed by atoms with Gasteiger partial charge in [-0.2, -0.15) is 0 Å². The Balaban J connectivity index is -0.00000000750. The molecule has 0 saturated carbocycles. The normalized spacial score (nSPS) is 3.12. The number of primary amides is 1. The van der Waals surface area contributed by atoms with Crippen LogP contribution in [0.15, 0.2) is 0 Å². The molecule has 1 amide bonds. The first-order chi connectivity index (χ1) is 1.73. The van der Waals surface area contributed by atoms with Crippen LogP contribution in [0.3, 0.4) is 0 Å². The van der Waals surface area contributed by atoms with Crippen LogP contribution in [-0.4, -0.2) is 11.4 Å². The van der Waals surface area contributed by atoms with Gasteiger partial charge in [-0.25, -0.2) is 0 Å². The topological polar surface area (TPSA) is 74.6 Å². The van der Waals surface area contributed by atoms with E-state index in [1.165, 1.54) is 6.92 Å². The van der Waals surface area contributed by atoms with Crippen LogP contribution in [0.25, 0.3) is 0 Å². The summed E-state index contributed by atoms with van der Waals surface area (Å²) in [5.74, 6) is -0.333. The average Bonchev–Trinajstić information content (AvgIpc) is 0.811. The number of carbonyl (C=O) groups excluding carboxylic acids is 1. The Morgan fingerprint density at radius 3 is 1.25 bits per heavy atom. The van der Waals surface area contributed by atoms with E-state index in [0.717, 1.165) is 0 Å². The minimum absolute atomic E-state index is 0. The quantitative estimate of drug-likeness (QED) is 0.565. The Morgan fingerprint density at radius 1 is 1.25 bits per heavy atom. The van der Waals surface area contributed by atoms with Crippen molar-refractivity contribution in [2.24, 2.45) is 5.73 Å². The minimum atomic E-state index is -0.333. The molecule has 0 aromatic carbocycles. The van der Waals surface area contributed by atoms with Crippen molar-refractivity contribution >= 4 is 43.1 Å². The Kier molecular flexibility index (Phi) is 135. The number of amides is 1. The van der Waals surface area contributed by atoms with Gasteiger partial charge in [-0.3, -0.25) is 4.79 Å². The average molecular weight is 186 g/mol. The van der Waals surface area contributed by atoms with Gasteiger partial charge >= 0.3 is 0 Å². The van der Waals surface area contributed by atoms with Gasteiger partial charge in [-0.1, -0.05) is 0 Å². The fourth-order valence-electron chi connectivity index (χ4n) is 0. The molecule has 0 radical (unpaired) electrons. The second-order valence-corrected chi connectivity index (χ2v) is 0.611. The van der Waals surface area contributed by atoms with Crippen LogP contribution in [0.4, 0.5) is 0 Å². The molecule has 0 saturated heterocycles. The van der Waals surface area contributed by atoms with Crippen molar-refractivity contribution in [3.05, 3.63) is 0 Å². The number of rotatable bonds is 0. The summed E-state index contributed by atoms with van der Waals surface area (Å²) in [6.07, 6.45) is 0. The van der Waals surface area contributed by atoms with Crippen LogP contribution >= 0.6 is 37.2 Å². The highest BCUT2D eigenvalue weighted by molar-refractivity contribution is 5.86. The highest BCUT2D eigenvalue weighted by Crippen LogP contribution is 1.33. The number of halogens is 3.